The molecule has 8 rings (SSSR count). The number of nitrogens with zero attached hydrogens (tertiary/aromatic N) is 1. The fraction of sp³-hybridized carbons (Fsp3) is 0.146. The Morgan fingerprint density at radius 1 is 0.551 bits per heavy atom. The predicted octanol–water partition coefficient (Wildman–Crippen LogP) is 8.20. The molecule has 4 atom stereocenters. The van der Waals surface area contributed by atoms with Gasteiger partial charge in [-0.1, -0.05) is 114 Å². The number of anilines is 1. The number of amides is 2. The van der Waals surface area contributed by atoms with Crippen molar-refractivity contribution < 1.29 is 23.9 Å². The Balaban J connectivity index is 1.55. The van der Waals surface area contributed by atoms with Gasteiger partial charge in [0.25, 0.3) is 0 Å². The lowest BCUT2D eigenvalue weighted by molar-refractivity contribution is -0.130. The monoisotopic (exact) mass is 685 g/mol. The maximum absolute atomic E-state index is 16.0. The molecule has 8 heteroatoms. The maximum atomic E-state index is 16.0. The number of methoxy groups -OCH3 is 2. The maximum Gasteiger partial charge on any atom is 0.239 e. The van der Waals surface area contributed by atoms with Crippen molar-refractivity contribution in [3.8, 4) is 11.5 Å². The van der Waals surface area contributed by atoms with Gasteiger partial charge in [-0.15, -0.1) is 0 Å². The summed E-state index contributed by atoms with van der Waals surface area (Å²) < 4.78 is 11.0. The number of carbonyl (C=O) groups excluding carboxylic acids is 3. The fourth-order valence-electron chi connectivity index (χ4n) is 8.54. The largest absolute Gasteiger partial charge is 0.497 e. The van der Waals surface area contributed by atoms with Gasteiger partial charge in [0.15, 0.2) is 5.78 Å². The molecule has 0 N–H and O–H groups in total. The summed E-state index contributed by atoms with van der Waals surface area (Å²) in [5, 5.41) is 0.299. The number of halogens is 2. The Hall–Kier alpha value is -5.17. The number of carbonyl (C=O) groups is 3. The van der Waals surface area contributed by atoms with Crippen LogP contribution in [0.25, 0.3) is 11.1 Å². The van der Waals surface area contributed by atoms with Crippen LogP contribution in [-0.2, 0) is 25.2 Å². The van der Waals surface area contributed by atoms with Crippen molar-refractivity contribution in [2.75, 3.05) is 19.1 Å². The molecule has 0 spiro atoms. The molecule has 3 aliphatic rings. The zero-order chi connectivity index (χ0) is 34.1. The third-order valence-corrected chi connectivity index (χ3v) is 11.2. The lowest BCUT2D eigenvalue weighted by Crippen LogP contribution is -2.45. The number of ketones is 1. The van der Waals surface area contributed by atoms with Crippen LogP contribution in [0.4, 0.5) is 5.69 Å². The quantitative estimate of drug-likeness (QED) is 0.162. The predicted molar refractivity (Wildman–Crippen MR) is 190 cm³/mol. The molecule has 2 amide bonds. The number of rotatable bonds is 7. The number of benzene rings is 5. The molecule has 1 saturated heterocycles. The second-order valence-corrected chi connectivity index (χ2v) is 13.2. The van der Waals surface area contributed by atoms with E-state index < -0.39 is 34.5 Å². The summed E-state index contributed by atoms with van der Waals surface area (Å²) in [6.07, 6.45) is 0. The summed E-state index contributed by atoms with van der Waals surface area (Å²) in [4.78, 5) is 47.5. The lowest BCUT2D eigenvalue weighted by atomic mass is 9.59. The van der Waals surface area contributed by atoms with E-state index in [-0.39, 0.29) is 21.5 Å². The highest BCUT2D eigenvalue weighted by molar-refractivity contribution is 6.46. The molecule has 1 saturated carbocycles. The van der Waals surface area contributed by atoms with E-state index in [4.69, 9.17) is 32.7 Å². The number of allylic oxidation sites excluding steroid dienone is 2. The average molecular weight is 687 g/mol. The molecule has 5 aromatic rings. The second kappa shape index (κ2) is 11.5. The summed E-state index contributed by atoms with van der Waals surface area (Å²) >= 11 is 13.1. The first-order valence-electron chi connectivity index (χ1n) is 15.8. The summed E-state index contributed by atoms with van der Waals surface area (Å²) in [5.41, 5.74) is 1.14. The van der Waals surface area contributed by atoms with E-state index in [0.29, 0.717) is 33.8 Å². The number of hydrogen-bond donors (Lipinski definition) is 0. The summed E-state index contributed by atoms with van der Waals surface area (Å²) in [6, 6.07) is 38.6. The number of imide groups is 1. The standard InChI is InChI=1S/C41H29Cl2NO5/c1-48-28-20-16-24(17-21-28)32-33(25-18-22-29(49-2)23-19-25)41(27-12-7-4-8-13-27)35-34(40(32,39(41)47)26-10-5-3-6-11-26)37(45)44(38(35)46)31-15-9-14-30(42)36(31)43/h3-23,34-35H,1-2H3/t34-,35-,40+,41+/m0/s1. The topological polar surface area (TPSA) is 72.9 Å². The Bertz CT molecular complexity index is 2050. The van der Waals surface area contributed by atoms with E-state index in [9.17, 15) is 0 Å². The van der Waals surface area contributed by atoms with Crippen LogP contribution < -0.4 is 14.4 Å². The molecular formula is C41H29Cl2NO5. The van der Waals surface area contributed by atoms with Crippen molar-refractivity contribution >= 4 is 57.6 Å². The first kappa shape index (κ1) is 31.1. The molecule has 1 heterocycles. The fourth-order valence-corrected chi connectivity index (χ4v) is 8.92. The van der Waals surface area contributed by atoms with Crippen LogP contribution in [0.5, 0.6) is 11.5 Å². The third kappa shape index (κ3) is 4.05. The highest BCUT2D eigenvalue weighted by Gasteiger charge is 2.82. The first-order valence-corrected chi connectivity index (χ1v) is 16.6. The van der Waals surface area contributed by atoms with Crippen LogP contribution in [0.15, 0.2) is 127 Å². The minimum Gasteiger partial charge on any atom is -0.497 e. The average Bonchev–Trinajstić information content (AvgIpc) is 3.65. The van der Waals surface area contributed by atoms with Crippen LogP contribution in [-0.4, -0.2) is 31.8 Å². The van der Waals surface area contributed by atoms with Crippen LogP contribution in [0, 0.1) is 11.8 Å². The normalized spacial score (nSPS) is 24.1. The van der Waals surface area contributed by atoms with Gasteiger partial charge in [0.2, 0.25) is 11.8 Å². The first-order chi connectivity index (χ1) is 23.8. The van der Waals surface area contributed by atoms with E-state index in [2.05, 4.69) is 0 Å². The highest BCUT2D eigenvalue weighted by Crippen LogP contribution is 2.74. The van der Waals surface area contributed by atoms with Gasteiger partial charge in [-0.25, -0.2) is 4.90 Å². The van der Waals surface area contributed by atoms with E-state index in [1.807, 2.05) is 109 Å². The second-order valence-electron chi connectivity index (χ2n) is 12.4. The van der Waals surface area contributed by atoms with Gasteiger partial charge in [0.05, 0.1) is 52.6 Å². The molecular weight excluding hydrogens is 657 g/mol. The lowest BCUT2D eigenvalue weighted by Gasteiger charge is -2.39. The Morgan fingerprint density at radius 3 is 1.39 bits per heavy atom. The molecule has 242 valence electrons. The minimum absolute atomic E-state index is 0.0887. The number of fused-ring (bicyclic) bond motifs is 5. The number of Topliss-reactive ketones (excluding diaryl/α,β-unsaturated/α-hetero) is 1. The number of ether oxygens (including phenoxy) is 2. The van der Waals surface area contributed by atoms with Crippen molar-refractivity contribution in [1.82, 2.24) is 0 Å². The smallest absolute Gasteiger partial charge is 0.239 e. The van der Waals surface area contributed by atoms with Crippen molar-refractivity contribution in [3.05, 3.63) is 160 Å². The molecule has 1 aliphatic heterocycles. The van der Waals surface area contributed by atoms with Crippen LogP contribution in [0.2, 0.25) is 10.0 Å². The van der Waals surface area contributed by atoms with Gasteiger partial charge in [-0.2, -0.15) is 0 Å². The molecule has 0 unspecified atom stereocenters. The van der Waals surface area contributed by atoms with Crippen molar-refractivity contribution in [2.24, 2.45) is 11.8 Å². The zero-order valence-corrected chi connectivity index (χ0v) is 28.0. The van der Waals surface area contributed by atoms with Gasteiger partial charge in [-0.3, -0.25) is 14.4 Å². The Labute approximate surface area is 293 Å². The Kier molecular flexibility index (Phi) is 7.28. The number of hydrogen-bond acceptors (Lipinski definition) is 5. The molecule has 2 bridgehead atoms. The van der Waals surface area contributed by atoms with Gasteiger partial charge < -0.3 is 9.47 Å². The summed E-state index contributed by atoms with van der Waals surface area (Å²) in [6.45, 7) is 0. The molecule has 49 heavy (non-hydrogen) atoms. The van der Waals surface area contributed by atoms with Crippen molar-refractivity contribution in [2.45, 2.75) is 10.8 Å². The minimum atomic E-state index is -1.56. The molecule has 0 aromatic heterocycles. The summed E-state index contributed by atoms with van der Waals surface area (Å²) in [7, 11) is 3.19. The van der Waals surface area contributed by atoms with Crippen molar-refractivity contribution in [3.63, 3.8) is 0 Å². The van der Waals surface area contributed by atoms with Gasteiger partial charge in [0.1, 0.15) is 11.5 Å². The van der Waals surface area contributed by atoms with Gasteiger partial charge in [0, 0.05) is 0 Å². The Morgan fingerprint density at radius 2 is 0.980 bits per heavy atom. The van der Waals surface area contributed by atoms with E-state index in [1.54, 1.807) is 32.4 Å². The molecule has 0 radical (unpaired) electrons. The molecule has 6 nitrogen and oxygen atoms in total. The summed E-state index contributed by atoms with van der Waals surface area (Å²) in [5.74, 6) is -2.13. The van der Waals surface area contributed by atoms with E-state index >= 15 is 14.4 Å². The highest BCUT2D eigenvalue weighted by atomic mass is 35.5. The molecule has 2 aliphatic carbocycles. The van der Waals surface area contributed by atoms with Gasteiger partial charge >= 0.3 is 0 Å². The van der Waals surface area contributed by atoms with Crippen LogP contribution in [0.3, 0.4) is 0 Å². The zero-order valence-electron chi connectivity index (χ0n) is 26.5. The van der Waals surface area contributed by atoms with Gasteiger partial charge in [-0.05, 0) is 69.8 Å². The van der Waals surface area contributed by atoms with E-state index in [1.165, 1.54) is 0 Å². The SMILES string of the molecule is COc1ccc(C2=C(c3ccc(OC)cc3)[C@@]3(c4ccccc4)C(=O)[C@@]2(c2ccccc2)[C@@H]2C(=O)N(c4cccc(Cl)c4Cl)C(=O)[C@H]23)cc1. The van der Waals surface area contributed by atoms with Crippen molar-refractivity contribution in [1.29, 1.82) is 0 Å². The molecule has 5 aromatic carbocycles. The molecule has 2 fully saturated rings. The third-order valence-electron chi connectivity index (χ3n) is 10.4. The van der Waals surface area contributed by atoms with E-state index in [0.717, 1.165) is 16.0 Å². The van der Waals surface area contributed by atoms with Crippen LogP contribution in [0.1, 0.15) is 22.3 Å². The van der Waals surface area contributed by atoms with Crippen LogP contribution >= 0.6 is 23.2 Å².